The van der Waals surface area contributed by atoms with Gasteiger partial charge in [-0.1, -0.05) is 0 Å². The summed E-state index contributed by atoms with van der Waals surface area (Å²) in [6, 6.07) is 0. The monoisotopic (exact) mass is 224 g/mol. The summed E-state index contributed by atoms with van der Waals surface area (Å²) in [5, 5.41) is 3.36. The third-order valence-corrected chi connectivity index (χ3v) is 2.87. The fourth-order valence-electron chi connectivity index (χ4n) is 1.88. The van der Waals surface area contributed by atoms with Gasteiger partial charge in [0.15, 0.2) is 0 Å². The number of imidazole rings is 1. The minimum atomic E-state index is 0.865. The maximum atomic E-state index is 5.31. The number of aryl methyl sites for hydroxylation is 1. The molecule has 0 aliphatic carbocycles. The molecule has 1 N–H and O–H groups in total. The van der Waals surface area contributed by atoms with Crippen LogP contribution in [-0.4, -0.2) is 53.8 Å². The van der Waals surface area contributed by atoms with Gasteiger partial charge >= 0.3 is 0 Å². The van der Waals surface area contributed by atoms with Gasteiger partial charge in [0, 0.05) is 45.1 Å². The highest BCUT2D eigenvalue weighted by Crippen LogP contribution is 2.03. The summed E-state index contributed by atoms with van der Waals surface area (Å²) < 4.78 is 7.42. The molecule has 0 atom stereocenters. The maximum absolute atomic E-state index is 5.31. The third kappa shape index (κ3) is 2.96. The molecule has 1 aliphatic heterocycles. The summed E-state index contributed by atoms with van der Waals surface area (Å²) in [6.45, 7) is 8.90. The lowest BCUT2D eigenvalue weighted by Gasteiger charge is -2.26. The molecule has 1 saturated heterocycles. The molecule has 1 fully saturated rings. The zero-order chi connectivity index (χ0) is 11.2. The second-order valence-electron chi connectivity index (χ2n) is 3.92. The number of aromatic nitrogens is 2. The quantitative estimate of drug-likeness (QED) is 0.797. The molecule has 1 aromatic heterocycles. The van der Waals surface area contributed by atoms with Crippen LogP contribution in [0.3, 0.4) is 0 Å². The molecular weight excluding hydrogens is 204 g/mol. The summed E-state index contributed by atoms with van der Waals surface area (Å²) in [7, 11) is 0. The van der Waals surface area contributed by atoms with Crippen LogP contribution in [0.4, 0.5) is 5.95 Å². The summed E-state index contributed by atoms with van der Waals surface area (Å²) in [5.74, 6) is 0.968. The van der Waals surface area contributed by atoms with Crippen LogP contribution >= 0.6 is 0 Å². The molecule has 0 aromatic carbocycles. The minimum absolute atomic E-state index is 0.865. The SMILES string of the molecule is CCn1ccnc1NCCN1CCOCC1. The van der Waals surface area contributed by atoms with E-state index in [9.17, 15) is 0 Å². The van der Waals surface area contributed by atoms with Gasteiger partial charge < -0.3 is 14.6 Å². The second-order valence-corrected chi connectivity index (χ2v) is 3.92. The van der Waals surface area contributed by atoms with Crippen molar-refractivity contribution in [1.82, 2.24) is 14.5 Å². The first kappa shape index (κ1) is 11.4. The van der Waals surface area contributed by atoms with Gasteiger partial charge in [-0.15, -0.1) is 0 Å². The van der Waals surface area contributed by atoms with Gasteiger partial charge in [0.25, 0.3) is 0 Å². The van der Waals surface area contributed by atoms with Crippen LogP contribution in [-0.2, 0) is 11.3 Å². The van der Waals surface area contributed by atoms with Gasteiger partial charge in [0.05, 0.1) is 13.2 Å². The molecule has 0 saturated carbocycles. The van der Waals surface area contributed by atoms with Gasteiger partial charge in [-0.25, -0.2) is 4.98 Å². The number of ether oxygens (including phenoxy) is 1. The lowest BCUT2D eigenvalue weighted by molar-refractivity contribution is 0.0398. The highest BCUT2D eigenvalue weighted by Gasteiger charge is 2.09. The second kappa shape index (κ2) is 5.86. The van der Waals surface area contributed by atoms with Crippen LogP contribution in [0.15, 0.2) is 12.4 Å². The zero-order valence-corrected chi connectivity index (χ0v) is 9.85. The molecule has 1 aromatic rings. The fraction of sp³-hybridized carbons (Fsp3) is 0.727. The topological polar surface area (TPSA) is 42.3 Å². The maximum Gasteiger partial charge on any atom is 0.202 e. The molecule has 5 heteroatoms. The van der Waals surface area contributed by atoms with Crippen molar-refractivity contribution in [3.05, 3.63) is 12.4 Å². The Hall–Kier alpha value is -1.07. The minimum Gasteiger partial charge on any atom is -0.379 e. The van der Waals surface area contributed by atoms with E-state index < -0.39 is 0 Å². The van der Waals surface area contributed by atoms with E-state index in [1.54, 1.807) is 0 Å². The number of rotatable bonds is 5. The van der Waals surface area contributed by atoms with Gasteiger partial charge in [-0.05, 0) is 6.92 Å². The molecule has 0 bridgehead atoms. The van der Waals surface area contributed by atoms with E-state index in [1.165, 1.54) is 0 Å². The predicted octanol–water partition coefficient (Wildman–Crippen LogP) is 0.647. The Labute approximate surface area is 96.4 Å². The Morgan fingerprint density at radius 2 is 2.25 bits per heavy atom. The van der Waals surface area contributed by atoms with Crippen molar-refractivity contribution >= 4 is 5.95 Å². The number of hydrogen-bond acceptors (Lipinski definition) is 4. The smallest absolute Gasteiger partial charge is 0.202 e. The van der Waals surface area contributed by atoms with E-state index in [0.29, 0.717) is 0 Å². The van der Waals surface area contributed by atoms with Crippen molar-refractivity contribution in [2.45, 2.75) is 13.5 Å². The van der Waals surface area contributed by atoms with Crippen LogP contribution < -0.4 is 5.32 Å². The number of morpholine rings is 1. The van der Waals surface area contributed by atoms with Gasteiger partial charge in [-0.2, -0.15) is 0 Å². The Balaban J connectivity index is 1.71. The first-order valence-electron chi connectivity index (χ1n) is 5.95. The van der Waals surface area contributed by atoms with Crippen LogP contribution in [0.25, 0.3) is 0 Å². The molecule has 2 heterocycles. The van der Waals surface area contributed by atoms with E-state index >= 15 is 0 Å². The number of anilines is 1. The van der Waals surface area contributed by atoms with Crippen LogP contribution in [0, 0.1) is 0 Å². The van der Waals surface area contributed by atoms with Crippen LogP contribution in [0.5, 0.6) is 0 Å². The first-order chi connectivity index (χ1) is 7.90. The van der Waals surface area contributed by atoms with Crippen molar-refractivity contribution in [3.63, 3.8) is 0 Å². The molecule has 0 unspecified atom stereocenters. The highest BCUT2D eigenvalue weighted by molar-refractivity contribution is 5.25. The third-order valence-electron chi connectivity index (χ3n) is 2.87. The molecule has 0 radical (unpaired) electrons. The van der Waals surface area contributed by atoms with Gasteiger partial charge in [0.1, 0.15) is 0 Å². The largest absolute Gasteiger partial charge is 0.379 e. The fourth-order valence-corrected chi connectivity index (χ4v) is 1.88. The number of nitrogens with zero attached hydrogens (tertiary/aromatic N) is 3. The van der Waals surface area contributed by atoms with Crippen molar-refractivity contribution in [2.75, 3.05) is 44.7 Å². The Morgan fingerprint density at radius 1 is 1.44 bits per heavy atom. The average Bonchev–Trinajstić information content (AvgIpc) is 2.78. The van der Waals surface area contributed by atoms with Gasteiger partial charge in [-0.3, -0.25) is 4.90 Å². The Bertz CT molecular complexity index is 307. The predicted molar refractivity (Wildman–Crippen MR) is 63.6 cm³/mol. The highest BCUT2D eigenvalue weighted by atomic mass is 16.5. The van der Waals surface area contributed by atoms with Crippen molar-refractivity contribution < 1.29 is 4.74 Å². The van der Waals surface area contributed by atoms with Crippen molar-refractivity contribution in [3.8, 4) is 0 Å². The van der Waals surface area contributed by atoms with E-state index in [0.717, 1.165) is 51.9 Å². The summed E-state index contributed by atoms with van der Waals surface area (Å²) in [6.07, 6.45) is 3.83. The zero-order valence-electron chi connectivity index (χ0n) is 9.85. The van der Waals surface area contributed by atoms with Crippen molar-refractivity contribution in [1.29, 1.82) is 0 Å². The summed E-state index contributed by atoms with van der Waals surface area (Å²) >= 11 is 0. The summed E-state index contributed by atoms with van der Waals surface area (Å²) in [4.78, 5) is 6.69. The lowest BCUT2D eigenvalue weighted by Crippen LogP contribution is -2.39. The van der Waals surface area contributed by atoms with E-state index in [1.807, 2.05) is 12.4 Å². The molecule has 2 rings (SSSR count). The van der Waals surface area contributed by atoms with Crippen LogP contribution in [0.2, 0.25) is 0 Å². The molecular formula is C11H20N4O. The normalized spacial score (nSPS) is 17.6. The molecule has 16 heavy (non-hydrogen) atoms. The Morgan fingerprint density at radius 3 is 3.00 bits per heavy atom. The molecule has 0 spiro atoms. The van der Waals surface area contributed by atoms with E-state index in [2.05, 4.69) is 26.7 Å². The number of nitrogens with one attached hydrogen (secondary N) is 1. The van der Waals surface area contributed by atoms with Gasteiger partial charge in [0.2, 0.25) is 5.95 Å². The lowest BCUT2D eigenvalue weighted by atomic mass is 10.4. The Kier molecular flexibility index (Phi) is 4.18. The summed E-state index contributed by atoms with van der Waals surface area (Å²) in [5.41, 5.74) is 0. The van der Waals surface area contributed by atoms with Crippen LogP contribution in [0.1, 0.15) is 6.92 Å². The molecule has 90 valence electrons. The molecule has 5 nitrogen and oxygen atoms in total. The van der Waals surface area contributed by atoms with E-state index in [-0.39, 0.29) is 0 Å². The standard InChI is InChI=1S/C11H20N4O/c1-2-15-6-4-13-11(15)12-3-5-14-7-9-16-10-8-14/h4,6H,2-3,5,7-10H2,1H3,(H,12,13). The number of hydrogen-bond donors (Lipinski definition) is 1. The average molecular weight is 224 g/mol. The van der Waals surface area contributed by atoms with Crippen molar-refractivity contribution in [2.24, 2.45) is 0 Å². The molecule has 0 amide bonds. The first-order valence-corrected chi connectivity index (χ1v) is 5.95. The van der Waals surface area contributed by atoms with E-state index in [4.69, 9.17) is 4.74 Å². The molecule has 1 aliphatic rings.